The number of hydrogen-bond acceptors (Lipinski definition) is 8. The number of carbonyl (C=O) groups excluding carboxylic acids is 1. The zero-order chi connectivity index (χ0) is 24.5. The highest BCUT2D eigenvalue weighted by molar-refractivity contribution is 5.90. The van der Waals surface area contributed by atoms with Gasteiger partial charge in [-0.3, -0.25) is 9.97 Å². The van der Waals surface area contributed by atoms with E-state index in [1.807, 2.05) is 49.4 Å². The van der Waals surface area contributed by atoms with Crippen LogP contribution in [0.15, 0.2) is 67.3 Å². The molecule has 6 rings (SSSR count). The first-order valence-corrected chi connectivity index (χ1v) is 11.8. The average Bonchev–Trinajstić information content (AvgIpc) is 3.61. The van der Waals surface area contributed by atoms with Crippen LogP contribution < -0.4 is 5.32 Å². The Morgan fingerprint density at radius 2 is 1.94 bits per heavy atom. The fourth-order valence-corrected chi connectivity index (χ4v) is 4.34. The van der Waals surface area contributed by atoms with Crippen molar-refractivity contribution < 1.29 is 9.53 Å². The van der Waals surface area contributed by atoms with Crippen molar-refractivity contribution in [3.05, 3.63) is 78.6 Å². The molecule has 178 valence electrons. The van der Waals surface area contributed by atoms with Gasteiger partial charge < -0.3 is 15.0 Å². The Morgan fingerprint density at radius 1 is 1.03 bits per heavy atom. The van der Waals surface area contributed by atoms with Crippen molar-refractivity contribution in [2.45, 2.75) is 19.4 Å². The number of esters is 1. The summed E-state index contributed by atoms with van der Waals surface area (Å²) in [6.07, 6.45) is 5.63. The summed E-state index contributed by atoms with van der Waals surface area (Å²) in [5.74, 6) is -0.0302. The second-order valence-corrected chi connectivity index (χ2v) is 8.71. The van der Waals surface area contributed by atoms with Crippen molar-refractivity contribution in [2.24, 2.45) is 0 Å². The lowest BCUT2D eigenvalue weighted by Crippen LogP contribution is -2.21. The van der Waals surface area contributed by atoms with Gasteiger partial charge in [-0.2, -0.15) is 0 Å². The molecule has 1 aromatic carbocycles. The molecule has 0 aliphatic carbocycles. The summed E-state index contributed by atoms with van der Waals surface area (Å²) < 4.78 is 5.55. The monoisotopic (exact) mass is 477 g/mol. The molecule has 2 N–H and O–H groups in total. The van der Waals surface area contributed by atoms with Gasteiger partial charge in [-0.05, 0) is 56.3 Å². The SMILES string of the molecule is Cc1cccc(-c2[nH]cnc2-c2ccc3ncc(-c4nccc(C(=O)O[C@@H]5CCNC5)n4)cc3c2)n1. The maximum atomic E-state index is 12.6. The zero-order valence-electron chi connectivity index (χ0n) is 19.6. The van der Waals surface area contributed by atoms with E-state index in [4.69, 9.17) is 4.74 Å². The van der Waals surface area contributed by atoms with Gasteiger partial charge in [0.15, 0.2) is 11.5 Å². The van der Waals surface area contributed by atoms with E-state index in [1.165, 1.54) is 0 Å². The van der Waals surface area contributed by atoms with Crippen molar-refractivity contribution in [1.82, 2.24) is 35.2 Å². The number of ether oxygens (including phenoxy) is 1. The van der Waals surface area contributed by atoms with E-state index in [2.05, 4.69) is 35.2 Å². The van der Waals surface area contributed by atoms with Crippen molar-refractivity contribution in [3.63, 3.8) is 0 Å². The number of rotatable bonds is 5. The highest BCUT2D eigenvalue weighted by Gasteiger charge is 2.21. The molecule has 4 aromatic heterocycles. The molecular formula is C27H23N7O2. The molecule has 0 saturated carbocycles. The first-order chi connectivity index (χ1) is 17.6. The number of aromatic nitrogens is 6. The third-order valence-electron chi connectivity index (χ3n) is 6.15. The van der Waals surface area contributed by atoms with Crippen LogP contribution in [-0.4, -0.2) is 55.1 Å². The predicted octanol–water partition coefficient (Wildman–Crippen LogP) is 3.97. The molecule has 1 saturated heterocycles. The van der Waals surface area contributed by atoms with Crippen LogP contribution in [-0.2, 0) is 4.74 Å². The largest absolute Gasteiger partial charge is 0.456 e. The summed E-state index contributed by atoms with van der Waals surface area (Å²) in [6.45, 7) is 3.47. The summed E-state index contributed by atoms with van der Waals surface area (Å²) in [4.78, 5) is 38.4. The molecule has 9 heteroatoms. The van der Waals surface area contributed by atoms with E-state index >= 15 is 0 Å². The van der Waals surface area contributed by atoms with E-state index < -0.39 is 5.97 Å². The van der Waals surface area contributed by atoms with Crippen LogP contribution in [0.5, 0.6) is 0 Å². The Balaban J connectivity index is 1.33. The van der Waals surface area contributed by atoms with Crippen LogP contribution >= 0.6 is 0 Å². The van der Waals surface area contributed by atoms with Gasteiger partial charge in [-0.1, -0.05) is 12.1 Å². The van der Waals surface area contributed by atoms with Gasteiger partial charge in [0, 0.05) is 41.1 Å². The molecule has 0 spiro atoms. The number of hydrogen-bond donors (Lipinski definition) is 2. The van der Waals surface area contributed by atoms with Crippen LogP contribution in [0.1, 0.15) is 22.6 Å². The highest BCUT2D eigenvalue weighted by Crippen LogP contribution is 2.31. The van der Waals surface area contributed by atoms with Gasteiger partial charge in [-0.25, -0.2) is 19.7 Å². The first-order valence-electron chi connectivity index (χ1n) is 11.8. The summed E-state index contributed by atoms with van der Waals surface area (Å²) in [5, 5.41) is 4.09. The quantitative estimate of drug-likeness (QED) is 0.365. The van der Waals surface area contributed by atoms with Crippen LogP contribution in [0.2, 0.25) is 0 Å². The molecular weight excluding hydrogens is 454 g/mol. The lowest BCUT2D eigenvalue weighted by atomic mass is 10.0. The molecule has 0 amide bonds. The highest BCUT2D eigenvalue weighted by atomic mass is 16.5. The average molecular weight is 478 g/mol. The molecule has 9 nitrogen and oxygen atoms in total. The second-order valence-electron chi connectivity index (χ2n) is 8.71. The van der Waals surface area contributed by atoms with Crippen LogP contribution in [0.25, 0.3) is 44.9 Å². The predicted molar refractivity (Wildman–Crippen MR) is 135 cm³/mol. The molecule has 1 aliphatic heterocycles. The molecule has 5 heterocycles. The fraction of sp³-hybridized carbons (Fsp3) is 0.185. The molecule has 0 radical (unpaired) electrons. The van der Waals surface area contributed by atoms with Gasteiger partial charge in [0.25, 0.3) is 0 Å². The maximum absolute atomic E-state index is 12.6. The Kier molecular flexibility index (Phi) is 5.67. The standard InChI is InChI=1S/C27H23N7O2/c1-16-3-2-4-22(33-16)25-24(31-15-32-25)17-5-6-21-18(11-17)12-19(13-30-21)26-29-10-8-23(34-26)27(35)36-20-7-9-28-14-20/h2-6,8,10-13,15,20,28H,7,9,14H2,1H3,(H,31,32)/t20-/m1/s1. The van der Waals surface area contributed by atoms with E-state index in [-0.39, 0.29) is 11.8 Å². The molecule has 36 heavy (non-hydrogen) atoms. The third kappa shape index (κ3) is 4.32. The summed E-state index contributed by atoms with van der Waals surface area (Å²) >= 11 is 0. The van der Waals surface area contributed by atoms with E-state index in [9.17, 15) is 4.79 Å². The Bertz CT molecular complexity index is 1570. The third-order valence-corrected chi connectivity index (χ3v) is 6.15. The lowest BCUT2D eigenvalue weighted by Gasteiger charge is -2.10. The van der Waals surface area contributed by atoms with E-state index in [1.54, 1.807) is 24.8 Å². The number of carbonyl (C=O) groups is 1. The van der Waals surface area contributed by atoms with Crippen LogP contribution in [0.3, 0.4) is 0 Å². The van der Waals surface area contributed by atoms with Crippen LogP contribution in [0, 0.1) is 6.92 Å². The van der Waals surface area contributed by atoms with E-state index in [0.29, 0.717) is 17.9 Å². The number of H-pyrrole nitrogens is 1. The van der Waals surface area contributed by atoms with Crippen molar-refractivity contribution >= 4 is 16.9 Å². The van der Waals surface area contributed by atoms with Gasteiger partial charge in [0.2, 0.25) is 0 Å². The molecule has 0 bridgehead atoms. The number of pyridine rings is 2. The number of benzene rings is 1. The molecule has 5 aromatic rings. The molecule has 1 atom stereocenters. The number of aromatic amines is 1. The van der Waals surface area contributed by atoms with Gasteiger partial charge >= 0.3 is 5.97 Å². The van der Waals surface area contributed by atoms with Gasteiger partial charge in [0.1, 0.15) is 6.10 Å². The lowest BCUT2D eigenvalue weighted by molar-refractivity contribution is 0.0337. The van der Waals surface area contributed by atoms with Gasteiger partial charge in [0.05, 0.1) is 28.9 Å². The molecule has 0 unspecified atom stereocenters. The summed E-state index contributed by atoms with van der Waals surface area (Å²) in [5.41, 5.74) is 6.14. The summed E-state index contributed by atoms with van der Waals surface area (Å²) in [7, 11) is 0. The number of nitrogens with one attached hydrogen (secondary N) is 2. The maximum Gasteiger partial charge on any atom is 0.357 e. The van der Waals surface area contributed by atoms with E-state index in [0.717, 1.165) is 52.2 Å². The number of nitrogens with zero attached hydrogens (tertiary/aromatic N) is 5. The Labute approximate surface area is 207 Å². The van der Waals surface area contributed by atoms with Gasteiger partial charge in [-0.15, -0.1) is 0 Å². The topological polar surface area (TPSA) is 119 Å². The Morgan fingerprint density at radius 3 is 2.81 bits per heavy atom. The second kappa shape index (κ2) is 9.27. The minimum absolute atomic E-state index is 0.126. The number of aryl methyl sites for hydroxylation is 1. The fourth-order valence-electron chi connectivity index (χ4n) is 4.34. The minimum Gasteiger partial charge on any atom is -0.456 e. The smallest absolute Gasteiger partial charge is 0.357 e. The number of fused-ring (bicyclic) bond motifs is 1. The van der Waals surface area contributed by atoms with Crippen molar-refractivity contribution in [2.75, 3.05) is 13.1 Å². The zero-order valence-corrected chi connectivity index (χ0v) is 19.6. The van der Waals surface area contributed by atoms with Crippen molar-refractivity contribution in [1.29, 1.82) is 0 Å². The summed E-state index contributed by atoms with van der Waals surface area (Å²) in [6, 6.07) is 15.4. The normalized spacial score (nSPS) is 15.3. The number of imidazole rings is 1. The first kappa shape index (κ1) is 22.0. The Hall–Kier alpha value is -4.50. The van der Waals surface area contributed by atoms with Crippen molar-refractivity contribution in [3.8, 4) is 34.0 Å². The van der Waals surface area contributed by atoms with Crippen LogP contribution in [0.4, 0.5) is 0 Å². The molecule has 1 aliphatic rings. The minimum atomic E-state index is -0.445. The molecule has 1 fully saturated rings.